The number of halogens is 2. The van der Waals surface area contributed by atoms with Crippen LogP contribution in [0.1, 0.15) is 39.0 Å². The number of benzene rings is 1. The van der Waals surface area contributed by atoms with Gasteiger partial charge in [0.1, 0.15) is 5.75 Å². The van der Waals surface area contributed by atoms with Crippen LogP contribution in [-0.2, 0) is 12.8 Å². The molecule has 1 heterocycles. The first-order valence-corrected chi connectivity index (χ1v) is 8.83. The van der Waals surface area contributed by atoms with E-state index >= 15 is 0 Å². The lowest BCUT2D eigenvalue weighted by Gasteiger charge is -2.16. The Morgan fingerprint density at radius 2 is 2.16 bits per heavy atom. The van der Waals surface area contributed by atoms with Crippen molar-refractivity contribution in [2.45, 2.75) is 32.8 Å². The monoisotopic (exact) mass is 364 g/mol. The van der Waals surface area contributed by atoms with Crippen LogP contribution < -0.4 is 10.2 Å². The molecule has 3 rings (SSSR count). The molecule has 1 atom stereocenters. The number of rotatable bonds is 5. The van der Waals surface area contributed by atoms with Crippen LogP contribution in [0.2, 0.25) is 0 Å². The predicted molar refractivity (Wildman–Crippen MR) is 93.6 cm³/mol. The van der Waals surface area contributed by atoms with Gasteiger partial charge < -0.3 is 4.74 Å². The number of amides is 1. The number of nitrogens with one attached hydrogen (secondary N) is 1. The molecule has 1 amide bonds. The summed E-state index contributed by atoms with van der Waals surface area (Å²) in [7, 11) is 0. The summed E-state index contributed by atoms with van der Waals surface area (Å²) in [5.74, 6) is 0.503. The number of aryl methyl sites for hydroxylation is 1. The van der Waals surface area contributed by atoms with Crippen molar-refractivity contribution in [2.24, 2.45) is 11.0 Å². The molecule has 0 fully saturated rings. The van der Waals surface area contributed by atoms with Crippen LogP contribution in [0, 0.1) is 5.92 Å². The molecule has 0 saturated heterocycles. The highest BCUT2D eigenvalue weighted by Crippen LogP contribution is 2.32. The summed E-state index contributed by atoms with van der Waals surface area (Å²) in [4.78, 5) is 14.1. The third kappa shape index (κ3) is 4.63. The standard InChI is InChI=1S/C18H18F2N2O2S/c1-11-2-7-15-13(8-11)9-16(25-15)17(23)22-21-10-12-3-5-14(6-4-12)24-18(19)20/h3-6,9-11,18H,2,7-8H2,1H3,(H,22,23)/b21-10-/t11-/m0/s1. The number of fused-ring (bicyclic) bond motifs is 1. The number of carbonyl (C=O) groups excluding carboxylic acids is 1. The summed E-state index contributed by atoms with van der Waals surface area (Å²) >= 11 is 1.53. The number of hydrogen-bond acceptors (Lipinski definition) is 4. The van der Waals surface area contributed by atoms with Gasteiger partial charge in [0, 0.05) is 4.88 Å². The molecular weight excluding hydrogens is 346 g/mol. The minimum atomic E-state index is -2.85. The van der Waals surface area contributed by atoms with Crippen molar-refractivity contribution in [1.29, 1.82) is 0 Å². The molecule has 7 heteroatoms. The van der Waals surface area contributed by atoms with E-state index in [1.807, 2.05) is 6.07 Å². The van der Waals surface area contributed by atoms with Gasteiger partial charge in [-0.15, -0.1) is 11.3 Å². The largest absolute Gasteiger partial charge is 0.435 e. The van der Waals surface area contributed by atoms with Crippen molar-refractivity contribution in [3.8, 4) is 5.75 Å². The Hall–Kier alpha value is -2.28. The Labute approximate surface area is 148 Å². The Kier molecular flexibility index (Phi) is 5.43. The first kappa shape index (κ1) is 17.5. The molecule has 1 aromatic carbocycles. The SMILES string of the molecule is C[C@H]1CCc2sc(C(=O)N/N=C\c3ccc(OC(F)F)cc3)cc2C1. The normalized spacial score (nSPS) is 16.9. The topological polar surface area (TPSA) is 50.7 Å². The minimum Gasteiger partial charge on any atom is -0.435 e. The maximum Gasteiger partial charge on any atom is 0.387 e. The summed E-state index contributed by atoms with van der Waals surface area (Å²) in [5.41, 5.74) is 4.44. The third-order valence-corrected chi connectivity index (χ3v) is 5.27. The van der Waals surface area contributed by atoms with Crippen LogP contribution in [-0.4, -0.2) is 18.7 Å². The van der Waals surface area contributed by atoms with Crippen molar-refractivity contribution in [3.63, 3.8) is 0 Å². The van der Waals surface area contributed by atoms with E-state index in [2.05, 4.69) is 22.2 Å². The zero-order valence-electron chi connectivity index (χ0n) is 13.7. The molecular formula is C18H18F2N2O2S. The van der Waals surface area contributed by atoms with Gasteiger partial charge in [-0.25, -0.2) is 5.43 Å². The van der Waals surface area contributed by atoms with Crippen molar-refractivity contribution < 1.29 is 18.3 Å². The molecule has 0 radical (unpaired) electrons. The summed E-state index contributed by atoms with van der Waals surface area (Å²) in [6.07, 6.45) is 4.68. The summed E-state index contributed by atoms with van der Waals surface area (Å²) < 4.78 is 28.4. The number of hydrazone groups is 1. The van der Waals surface area contributed by atoms with E-state index in [1.165, 1.54) is 40.1 Å². The van der Waals surface area contributed by atoms with Crippen LogP contribution >= 0.6 is 11.3 Å². The van der Waals surface area contributed by atoms with Gasteiger partial charge >= 0.3 is 6.61 Å². The molecule has 132 valence electrons. The summed E-state index contributed by atoms with van der Waals surface area (Å²) in [5, 5.41) is 3.92. The highest BCUT2D eigenvalue weighted by Gasteiger charge is 2.20. The van der Waals surface area contributed by atoms with Crippen molar-refractivity contribution in [3.05, 3.63) is 51.2 Å². The molecule has 0 unspecified atom stereocenters. The summed E-state index contributed by atoms with van der Waals surface area (Å²) in [6, 6.07) is 7.96. The molecule has 0 bridgehead atoms. The molecule has 4 nitrogen and oxygen atoms in total. The van der Waals surface area contributed by atoms with E-state index < -0.39 is 6.61 Å². The first-order valence-electron chi connectivity index (χ1n) is 8.01. The number of ether oxygens (including phenoxy) is 1. The fourth-order valence-corrected chi connectivity index (χ4v) is 3.87. The van der Waals surface area contributed by atoms with E-state index in [4.69, 9.17) is 0 Å². The first-order chi connectivity index (χ1) is 12.0. The summed E-state index contributed by atoms with van der Waals surface area (Å²) in [6.45, 7) is -0.624. The number of nitrogens with zero attached hydrogens (tertiary/aromatic N) is 1. The van der Waals surface area contributed by atoms with Gasteiger partial charge in [0.15, 0.2) is 0 Å². The van der Waals surface area contributed by atoms with Crippen LogP contribution in [0.5, 0.6) is 5.75 Å². The second-order valence-electron chi connectivity index (χ2n) is 6.05. The average molecular weight is 364 g/mol. The lowest BCUT2D eigenvalue weighted by atomic mass is 9.90. The maximum absolute atomic E-state index is 12.2. The Morgan fingerprint density at radius 3 is 2.88 bits per heavy atom. The zero-order chi connectivity index (χ0) is 17.8. The minimum absolute atomic E-state index is 0.0783. The van der Waals surface area contributed by atoms with Crippen LogP contribution in [0.15, 0.2) is 35.4 Å². The maximum atomic E-state index is 12.2. The molecule has 2 aromatic rings. The van der Waals surface area contributed by atoms with Gasteiger partial charge in [0.2, 0.25) is 0 Å². The molecule has 1 N–H and O–H groups in total. The van der Waals surface area contributed by atoms with Crippen LogP contribution in [0.25, 0.3) is 0 Å². The zero-order valence-corrected chi connectivity index (χ0v) is 14.5. The average Bonchev–Trinajstić information content (AvgIpc) is 2.99. The van der Waals surface area contributed by atoms with Gasteiger partial charge in [-0.3, -0.25) is 4.79 Å². The third-order valence-electron chi connectivity index (χ3n) is 4.04. The van der Waals surface area contributed by atoms with Gasteiger partial charge in [0.05, 0.1) is 11.1 Å². The van der Waals surface area contributed by atoms with Crippen molar-refractivity contribution >= 4 is 23.5 Å². The van der Waals surface area contributed by atoms with Crippen LogP contribution in [0.3, 0.4) is 0 Å². The fourth-order valence-electron chi connectivity index (χ4n) is 2.77. The molecule has 1 aromatic heterocycles. The van der Waals surface area contributed by atoms with E-state index in [0.717, 1.165) is 19.3 Å². The Morgan fingerprint density at radius 1 is 1.40 bits per heavy atom. The number of hydrogen-bond donors (Lipinski definition) is 1. The van der Waals surface area contributed by atoms with E-state index in [1.54, 1.807) is 12.1 Å². The fraction of sp³-hybridized carbons (Fsp3) is 0.333. The molecule has 1 aliphatic rings. The van der Waals surface area contributed by atoms with Gasteiger partial charge in [-0.2, -0.15) is 13.9 Å². The Balaban J connectivity index is 1.57. The predicted octanol–water partition coefficient (Wildman–Crippen LogP) is 4.24. The number of thiophene rings is 1. The lowest BCUT2D eigenvalue weighted by Crippen LogP contribution is -2.16. The van der Waals surface area contributed by atoms with E-state index in [9.17, 15) is 13.6 Å². The molecule has 0 aliphatic heterocycles. The second-order valence-corrected chi connectivity index (χ2v) is 7.19. The van der Waals surface area contributed by atoms with E-state index in [0.29, 0.717) is 16.4 Å². The van der Waals surface area contributed by atoms with Crippen LogP contribution in [0.4, 0.5) is 8.78 Å². The van der Waals surface area contributed by atoms with Crippen molar-refractivity contribution in [2.75, 3.05) is 0 Å². The molecule has 1 aliphatic carbocycles. The smallest absolute Gasteiger partial charge is 0.387 e. The van der Waals surface area contributed by atoms with Gasteiger partial charge in [-0.1, -0.05) is 6.92 Å². The molecule has 0 saturated carbocycles. The quantitative estimate of drug-likeness (QED) is 0.637. The van der Waals surface area contributed by atoms with Crippen molar-refractivity contribution in [1.82, 2.24) is 5.43 Å². The molecule has 0 spiro atoms. The highest BCUT2D eigenvalue weighted by atomic mass is 32.1. The Bertz CT molecular complexity index is 772. The van der Waals surface area contributed by atoms with E-state index in [-0.39, 0.29) is 11.7 Å². The lowest BCUT2D eigenvalue weighted by molar-refractivity contribution is -0.0498. The second kappa shape index (κ2) is 7.74. The highest BCUT2D eigenvalue weighted by molar-refractivity contribution is 7.14. The van der Waals surface area contributed by atoms with Gasteiger partial charge in [-0.05, 0) is 66.6 Å². The number of carbonyl (C=O) groups is 1. The molecule has 25 heavy (non-hydrogen) atoms. The van der Waals surface area contributed by atoms with Gasteiger partial charge in [0.25, 0.3) is 5.91 Å². The number of alkyl halides is 2.